The molecular weight excluding hydrogens is 250 g/mol. The van der Waals surface area contributed by atoms with Crippen LogP contribution < -0.4 is 0 Å². The first-order valence-corrected chi connectivity index (χ1v) is 8.42. The number of morpholine rings is 1. The molecule has 1 N–H and O–H groups in total. The van der Waals surface area contributed by atoms with Gasteiger partial charge in [-0.25, -0.2) is 0 Å². The molecule has 1 rings (SSSR count). The van der Waals surface area contributed by atoms with E-state index in [1.54, 1.807) is 0 Å². The number of hydrogen-bond donors (Lipinski definition) is 1. The molecule has 3 heteroatoms. The molecule has 0 unspecified atom stereocenters. The number of aliphatic hydroxyl groups is 1. The van der Waals surface area contributed by atoms with Crippen LogP contribution in [0.4, 0.5) is 0 Å². The van der Waals surface area contributed by atoms with Crippen molar-refractivity contribution < 1.29 is 9.84 Å². The lowest BCUT2D eigenvalue weighted by molar-refractivity contribution is 0.0370. The highest BCUT2D eigenvalue weighted by atomic mass is 16.5. The quantitative estimate of drug-likeness (QED) is 0.660. The molecule has 0 aliphatic carbocycles. The zero-order valence-corrected chi connectivity index (χ0v) is 13.9. The first-order chi connectivity index (χ1) is 9.51. The molecule has 1 fully saturated rings. The fourth-order valence-electron chi connectivity index (χ4n) is 2.73. The van der Waals surface area contributed by atoms with Crippen molar-refractivity contribution in [1.29, 1.82) is 0 Å². The lowest BCUT2D eigenvalue weighted by Gasteiger charge is -2.26. The first kappa shape index (κ1) is 17.9. The third-order valence-corrected chi connectivity index (χ3v) is 4.25. The van der Waals surface area contributed by atoms with E-state index in [1.807, 2.05) is 0 Å². The van der Waals surface area contributed by atoms with E-state index in [9.17, 15) is 5.11 Å². The third-order valence-electron chi connectivity index (χ3n) is 4.25. The average molecular weight is 285 g/mol. The number of nitrogens with zero attached hydrogens (tertiary/aromatic N) is 1. The lowest BCUT2D eigenvalue weighted by Crippen LogP contribution is -2.36. The van der Waals surface area contributed by atoms with Gasteiger partial charge in [0, 0.05) is 19.7 Å². The van der Waals surface area contributed by atoms with Crippen LogP contribution in [0, 0.1) is 11.3 Å². The SMILES string of the molecule is CC(C)(C)CC[C@H](CO)CCCCCN1CCOCC1. The molecule has 0 bridgehead atoms. The average Bonchev–Trinajstić information content (AvgIpc) is 2.42. The molecule has 20 heavy (non-hydrogen) atoms. The fourth-order valence-corrected chi connectivity index (χ4v) is 2.73. The van der Waals surface area contributed by atoms with Crippen LogP contribution >= 0.6 is 0 Å². The second-order valence-electron chi connectivity index (χ2n) is 7.45. The van der Waals surface area contributed by atoms with Gasteiger partial charge in [0.1, 0.15) is 0 Å². The summed E-state index contributed by atoms with van der Waals surface area (Å²) in [6.07, 6.45) is 7.42. The van der Waals surface area contributed by atoms with Crippen LogP contribution in [0.2, 0.25) is 0 Å². The molecule has 1 saturated heterocycles. The molecule has 0 saturated carbocycles. The van der Waals surface area contributed by atoms with Gasteiger partial charge in [0.25, 0.3) is 0 Å². The Hall–Kier alpha value is -0.120. The van der Waals surface area contributed by atoms with Gasteiger partial charge < -0.3 is 9.84 Å². The van der Waals surface area contributed by atoms with Crippen LogP contribution in [0.25, 0.3) is 0 Å². The first-order valence-electron chi connectivity index (χ1n) is 8.42. The van der Waals surface area contributed by atoms with Crippen LogP contribution in [0.1, 0.15) is 59.3 Å². The Labute approximate surface area is 125 Å². The summed E-state index contributed by atoms with van der Waals surface area (Å²) in [4.78, 5) is 2.51. The van der Waals surface area contributed by atoms with Crippen molar-refractivity contribution in [1.82, 2.24) is 4.90 Å². The van der Waals surface area contributed by atoms with E-state index in [2.05, 4.69) is 25.7 Å². The van der Waals surface area contributed by atoms with E-state index in [0.717, 1.165) is 26.3 Å². The Balaban J connectivity index is 2.00. The molecule has 3 nitrogen and oxygen atoms in total. The van der Waals surface area contributed by atoms with Crippen molar-refractivity contribution in [2.75, 3.05) is 39.5 Å². The molecule has 120 valence electrons. The molecule has 1 aliphatic heterocycles. The topological polar surface area (TPSA) is 32.7 Å². The molecule has 0 amide bonds. The zero-order chi connectivity index (χ0) is 14.8. The highest BCUT2D eigenvalue weighted by molar-refractivity contribution is 4.67. The largest absolute Gasteiger partial charge is 0.396 e. The molecule has 0 aromatic rings. The maximum Gasteiger partial charge on any atom is 0.0594 e. The Kier molecular flexibility index (Phi) is 8.74. The van der Waals surface area contributed by atoms with Gasteiger partial charge in [0.05, 0.1) is 13.2 Å². The predicted octanol–water partition coefficient (Wildman–Crippen LogP) is 3.31. The molecule has 0 spiro atoms. The van der Waals surface area contributed by atoms with E-state index >= 15 is 0 Å². The maximum atomic E-state index is 9.46. The van der Waals surface area contributed by atoms with Gasteiger partial charge in [-0.1, -0.05) is 33.6 Å². The zero-order valence-electron chi connectivity index (χ0n) is 13.9. The lowest BCUT2D eigenvalue weighted by atomic mass is 9.85. The van der Waals surface area contributed by atoms with Gasteiger partial charge in [-0.15, -0.1) is 0 Å². The third kappa shape index (κ3) is 8.93. The Morgan fingerprint density at radius 1 is 1.05 bits per heavy atom. The van der Waals surface area contributed by atoms with Gasteiger partial charge in [-0.2, -0.15) is 0 Å². The summed E-state index contributed by atoms with van der Waals surface area (Å²) in [5.74, 6) is 0.512. The highest BCUT2D eigenvalue weighted by Crippen LogP contribution is 2.25. The second-order valence-corrected chi connectivity index (χ2v) is 7.45. The smallest absolute Gasteiger partial charge is 0.0594 e. The molecule has 0 aromatic heterocycles. The molecular formula is C17H35NO2. The summed E-state index contributed by atoms with van der Waals surface area (Å²) in [5.41, 5.74) is 0.393. The van der Waals surface area contributed by atoms with Crippen LogP contribution in [0.15, 0.2) is 0 Å². The van der Waals surface area contributed by atoms with E-state index in [1.165, 1.54) is 45.1 Å². The number of hydrogen-bond acceptors (Lipinski definition) is 3. The summed E-state index contributed by atoms with van der Waals surface area (Å²) in [6, 6.07) is 0. The molecule has 1 heterocycles. The summed E-state index contributed by atoms with van der Waals surface area (Å²) in [7, 11) is 0. The van der Waals surface area contributed by atoms with Crippen molar-refractivity contribution >= 4 is 0 Å². The monoisotopic (exact) mass is 285 g/mol. The van der Waals surface area contributed by atoms with Crippen molar-refractivity contribution in [3.8, 4) is 0 Å². The molecule has 0 radical (unpaired) electrons. The van der Waals surface area contributed by atoms with Gasteiger partial charge in [0.15, 0.2) is 0 Å². The van der Waals surface area contributed by atoms with Crippen LogP contribution in [0.5, 0.6) is 0 Å². The Morgan fingerprint density at radius 2 is 1.75 bits per heavy atom. The Bertz CT molecular complexity index is 232. The highest BCUT2D eigenvalue weighted by Gasteiger charge is 2.15. The number of ether oxygens (including phenoxy) is 1. The maximum absolute atomic E-state index is 9.46. The number of rotatable bonds is 9. The fraction of sp³-hybridized carbons (Fsp3) is 1.00. The summed E-state index contributed by atoms with van der Waals surface area (Å²) in [6.45, 7) is 12.4. The molecule has 1 atom stereocenters. The normalized spacial score (nSPS) is 19.2. The summed E-state index contributed by atoms with van der Waals surface area (Å²) in [5, 5.41) is 9.46. The minimum atomic E-state index is 0.361. The van der Waals surface area contributed by atoms with Crippen LogP contribution in [-0.4, -0.2) is 49.5 Å². The van der Waals surface area contributed by atoms with Crippen molar-refractivity contribution in [2.24, 2.45) is 11.3 Å². The summed E-state index contributed by atoms with van der Waals surface area (Å²) < 4.78 is 5.36. The van der Waals surface area contributed by atoms with E-state index in [0.29, 0.717) is 17.9 Å². The van der Waals surface area contributed by atoms with Gasteiger partial charge in [-0.3, -0.25) is 4.90 Å². The minimum Gasteiger partial charge on any atom is -0.396 e. The van der Waals surface area contributed by atoms with Gasteiger partial charge in [0.2, 0.25) is 0 Å². The summed E-state index contributed by atoms with van der Waals surface area (Å²) >= 11 is 0. The molecule has 1 aliphatic rings. The van der Waals surface area contributed by atoms with E-state index in [-0.39, 0.29) is 0 Å². The van der Waals surface area contributed by atoms with E-state index in [4.69, 9.17) is 4.74 Å². The Morgan fingerprint density at radius 3 is 2.35 bits per heavy atom. The van der Waals surface area contributed by atoms with E-state index < -0.39 is 0 Å². The molecule has 0 aromatic carbocycles. The van der Waals surface area contributed by atoms with Gasteiger partial charge in [-0.05, 0) is 43.6 Å². The van der Waals surface area contributed by atoms with Crippen molar-refractivity contribution in [3.63, 3.8) is 0 Å². The second kappa shape index (κ2) is 9.75. The van der Waals surface area contributed by atoms with Crippen LogP contribution in [0.3, 0.4) is 0 Å². The van der Waals surface area contributed by atoms with Crippen molar-refractivity contribution in [3.05, 3.63) is 0 Å². The van der Waals surface area contributed by atoms with Crippen LogP contribution in [-0.2, 0) is 4.74 Å². The van der Waals surface area contributed by atoms with Crippen molar-refractivity contribution in [2.45, 2.75) is 59.3 Å². The number of aliphatic hydroxyl groups excluding tert-OH is 1. The predicted molar refractivity (Wildman–Crippen MR) is 85.0 cm³/mol. The minimum absolute atomic E-state index is 0.361. The number of unbranched alkanes of at least 4 members (excludes halogenated alkanes) is 2. The van der Waals surface area contributed by atoms with Gasteiger partial charge >= 0.3 is 0 Å². The standard InChI is InChI=1S/C17H35NO2/c1-17(2,3)9-8-16(15-19)7-5-4-6-10-18-11-13-20-14-12-18/h16,19H,4-15H2,1-3H3/t16-/m1/s1.